The van der Waals surface area contributed by atoms with Gasteiger partial charge in [0.15, 0.2) is 5.88 Å². The Kier molecular flexibility index (Phi) is 8.54. The summed E-state index contributed by atoms with van der Waals surface area (Å²) in [6.07, 6.45) is 11.1. The Hall–Kier alpha value is -1.81. The fourth-order valence-corrected chi connectivity index (χ4v) is 3.08. The van der Waals surface area contributed by atoms with Crippen LogP contribution in [0.4, 0.5) is 0 Å². The monoisotopic (exact) mass is 339 g/mol. The van der Waals surface area contributed by atoms with Gasteiger partial charge < -0.3 is 9.68 Å². The van der Waals surface area contributed by atoms with Crippen molar-refractivity contribution in [3.05, 3.63) is 53.7 Å². The molecule has 1 aromatic heterocycles. The number of hydrogen-bond acceptors (Lipinski definition) is 3. The standard InChI is InChI=1S/C21H30BNO2/c1-3-5-6-7-8-9-14-19-15-12-17-23-21(19)25-22(24)20-16-11-10-13-18(20)4-2/h10-13,15-17,24H,3-9,14H2,1-2H3. The lowest BCUT2D eigenvalue weighted by Gasteiger charge is -2.15. The summed E-state index contributed by atoms with van der Waals surface area (Å²) in [4.78, 5) is 4.35. The van der Waals surface area contributed by atoms with Crippen molar-refractivity contribution in [2.75, 3.05) is 0 Å². The Balaban J connectivity index is 1.95. The van der Waals surface area contributed by atoms with Crippen LogP contribution >= 0.6 is 0 Å². The van der Waals surface area contributed by atoms with Crippen LogP contribution in [0.3, 0.4) is 0 Å². The highest BCUT2D eigenvalue weighted by atomic mass is 16.5. The summed E-state index contributed by atoms with van der Waals surface area (Å²) < 4.78 is 5.81. The van der Waals surface area contributed by atoms with Gasteiger partial charge in [0.05, 0.1) is 0 Å². The molecule has 2 aromatic rings. The maximum atomic E-state index is 10.5. The second-order valence-electron chi connectivity index (χ2n) is 6.51. The molecular weight excluding hydrogens is 309 g/mol. The van der Waals surface area contributed by atoms with Crippen LogP contribution in [0.25, 0.3) is 0 Å². The maximum absolute atomic E-state index is 10.5. The normalized spacial score (nSPS) is 10.7. The fourth-order valence-electron chi connectivity index (χ4n) is 3.08. The van der Waals surface area contributed by atoms with Gasteiger partial charge in [0.1, 0.15) is 0 Å². The number of hydrogen-bond donors (Lipinski definition) is 1. The van der Waals surface area contributed by atoms with E-state index in [0.717, 1.165) is 35.9 Å². The second kappa shape index (κ2) is 10.9. The highest BCUT2D eigenvalue weighted by Crippen LogP contribution is 2.19. The van der Waals surface area contributed by atoms with E-state index in [1.54, 1.807) is 6.20 Å². The quantitative estimate of drug-likeness (QED) is 0.490. The first kappa shape index (κ1) is 19.5. The van der Waals surface area contributed by atoms with Crippen molar-refractivity contribution in [2.24, 2.45) is 0 Å². The van der Waals surface area contributed by atoms with Crippen LogP contribution in [0.15, 0.2) is 42.6 Å². The Morgan fingerprint density at radius 2 is 1.64 bits per heavy atom. The van der Waals surface area contributed by atoms with Gasteiger partial charge in [-0.2, -0.15) is 0 Å². The van der Waals surface area contributed by atoms with Crippen molar-refractivity contribution in [1.29, 1.82) is 0 Å². The van der Waals surface area contributed by atoms with Crippen LogP contribution in [0.2, 0.25) is 0 Å². The van der Waals surface area contributed by atoms with Gasteiger partial charge in [-0.25, -0.2) is 4.98 Å². The number of nitrogens with zero attached hydrogens (tertiary/aromatic N) is 1. The number of pyridine rings is 1. The summed E-state index contributed by atoms with van der Waals surface area (Å²) in [5.74, 6) is 0.550. The van der Waals surface area contributed by atoms with E-state index in [-0.39, 0.29) is 0 Å². The Morgan fingerprint density at radius 1 is 0.920 bits per heavy atom. The largest absolute Gasteiger partial charge is 0.561 e. The summed E-state index contributed by atoms with van der Waals surface area (Å²) in [5, 5.41) is 10.5. The molecule has 0 saturated heterocycles. The van der Waals surface area contributed by atoms with Crippen molar-refractivity contribution in [3.63, 3.8) is 0 Å². The number of rotatable bonds is 11. The molecule has 0 saturated carbocycles. The minimum atomic E-state index is -0.977. The lowest BCUT2D eigenvalue weighted by atomic mass is 9.75. The van der Waals surface area contributed by atoms with E-state index in [2.05, 4.69) is 18.8 Å². The molecule has 4 heteroatoms. The molecule has 0 fully saturated rings. The van der Waals surface area contributed by atoms with E-state index in [1.807, 2.05) is 36.4 Å². The number of benzene rings is 1. The topological polar surface area (TPSA) is 42.4 Å². The van der Waals surface area contributed by atoms with Gasteiger partial charge in [-0.05, 0) is 36.4 Å². The van der Waals surface area contributed by atoms with E-state index in [1.165, 1.54) is 32.1 Å². The zero-order valence-electron chi connectivity index (χ0n) is 15.6. The molecule has 1 N–H and O–H groups in total. The summed E-state index contributed by atoms with van der Waals surface area (Å²) in [6.45, 7) is 4.32. The predicted molar refractivity (Wildman–Crippen MR) is 105 cm³/mol. The highest BCUT2D eigenvalue weighted by Gasteiger charge is 2.23. The molecule has 0 aliphatic heterocycles. The first-order chi connectivity index (χ1) is 12.3. The van der Waals surface area contributed by atoms with Crippen molar-refractivity contribution in [2.45, 2.75) is 65.2 Å². The average molecular weight is 339 g/mol. The maximum Gasteiger partial charge on any atom is 0.561 e. The first-order valence-electron chi connectivity index (χ1n) is 9.62. The van der Waals surface area contributed by atoms with E-state index in [4.69, 9.17) is 4.65 Å². The van der Waals surface area contributed by atoms with Crippen molar-refractivity contribution < 1.29 is 9.68 Å². The summed E-state index contributed by atoms with van der Waals surface area (Å²) in [6, 6.07) is 11.8. The Labute approximate surface area is 152 Å². The predicted octanol–water partition coefficient (Wildman–Crippen LogP) is 4.31. The molecule has 0 bridgehead atoms. The molecule has 0 aliphatic rings. The smallest absolute Gasteiger partial charge is 0.518 e. The summed E-state index contributed by atoms with van der Waals surface area (Å²) in [5.41, 5.74) is 3.00. The van der Waals surface area contributed by atoms with Crippen LogP contribution in [-0.2, 0) is 12.8 Å². The molecular formula is C21H30BNO2. The van der Waals surface area contributed by atoms with Gasteiger partial charge in [-0.15, -0.1) is 0 Å². The third-order valence-corrected chi connectivity index (χ3v) is 4.57. The van der Waals surface area contributed by atoms with E-state index < -0.39 is 7.12 Å². The van der Waals surface area contributed by atoms with Gasteiger partial charge in [0, 0.05) is 11.8 Å². The second-order valence-corrected chi connectivity index (χ2v) is 6.51. The minimum absolute atomic E-state index is 0.550. The highest BCUT2D eigenvalue weighted by molar-refractivity contribution is 6.61. The van der Waals surface area contributed by atoms with E-state index >= 15 is 0 Å². The molecule has 3 nitrogen and oxygen atoms in total. The van der Waals surface area contributed by atoms with Gasteiger partial charge in [-0.3, -0.25) is 0 Å². The lowest BCUT2D eigenvalue weighted by molar-refractivity contribution is 0.418. The summed E-state index contributed by atoms with van der Waals surface area (Å²) >= 11 is 0. The third-order valence-electron chi connectivity index (χ3n) is 4.57. The SMILES string of the molecule is CCCCCCCCc1cccnc1OB(O)c1ccccc1CC. The van der Waals surface area contributed by atoms with Crippen LogP contribution in [0, 0.1) is 0 Å². The zero-order chi connectivity index (χ0) is 17.9. The molecule has 1 aromatic carbocycles. The molecule has 1 heterocycles. The molecule has 0 amide bonds. The van der Waals surface area contributed by atoms with Gasteiger partial charge in [0.25, 0.3) is 0 Å². The van der Waals surface area contributed by atoms with Gasteiger partial charge in [0.2, 0.25) is 0 Å². The number of aromatic nitrogens is 1. The van der Waals surface area contributed by atoms with Crippen molar-refractivity contribution in [3.8, 4) is 5.88 Å². The number of unbranched alkanes of at least 4 members (excludes halogenated alkanes) is 5. The van der Waals surface area contributed by atoms with E-state index in [9.17, 15) is 5.02 Å². The molecule has 25 heavy (non-hydrogen) atoms. The first-order valence-corrected chi connectivity index (χ1v) is 9.62. The average Bonchev–Trinajstić information content (AvgIpc) is 2.65. The third kappa shape index (κ3) is 6.20. The Bertz CT molecular complexity index is 633. The molecule has 134 valence electrons. The minimum Gasteiger partial charge on any atom is -0.518 e. The van der Waals surface area contributed by atoms with Crippen molar-refractivity contribution >= 4 is 12.6 Å². The van der Waals surface area contributed by atoms with Crippen LogP contribution in [-0.4, -0.2) is 17.1 Å². The molecule has 0 unspecified atom stereocenters. The molecule has 0 radical (unpaired) electrons. The van der Waals surface area contributed by atoms with Crippen molar-refractivity contribution in [1.82, 2.24) is 4.98 Å². The van der Waals surface area contributed by atoms with Crippen LogP contribution in [0.5, 0.6) is 5.88 Å². The van der Waals surface area contributed by atoms with Crippen LogP contribution in [0.1, 0.15) is 63.5 Å². The van der Waals surface area contributed by atoms with Gasteiger partial charge in [-0.1, -0.05) is 76.3 Å². The number of aryl methyl sites for hydroxylation is 2. The summed E-state index contributed by atoms with van der Waals surface area (Å²) in [7, 11) is -0.977. The molecule has 2 rings (SSSR count). The fraction of sp³-hybridized carbons (Fsp3) is 0.476. The molecule has 0 spiro atoms. The van der Waals surface area contributed by atoms with E-state index in [0.29, 0.717) is 5.88 Å². The molecule has 0 aliphatic carbocycles. The zero-order valence-corrected chi connectivity index (χ0v) is 15.6. The Morgan fingerprint density at radius 3 is 2.44 bits per heavy atom. The van der Waals surface area contributed by atoms with Crippen LogP contribution < -0.4 is 10.1 Å². The van der Waals surface area contributed by atoms with Gasteiger partial charge >= 0.3 is 7.12 Å². The molecule has 0 atom stereocenters. The lowest BCUT2D eigenvalue weighted by Crippen LogP contribution is -2.39.